The molecular weight excluding hydrogens is 344 g/mol. The molecular formula is C16H18N4O4S. The van der Waals surface area contributed by atoms with Crippen LogP contribution in [0.25, 0.3) is 0 Å². The van der Waals surface area contributed by atoms with Gasteiger partial charge in [-0.2, -0.15) is 9.40 Å². The van der Waals surface area contributed by atoms with E-state index in [2.05, 4.69) is 11.0 Å². The first-order valence-corrected chi connectivity index (χ1v) is 8.98. The molecule has 1 atom stereocenters. The number of para-hydroxylation sites is 1. The van der Waals surface area contributed by atoms with Gasteiger partial charge in [-0.3, -0.25) is 14.8 Å². The number of hydrogen-bond acceptors (Lipinski definition) is 5. The van der Waals surface area contributed by atoms with Crippen LogP contribution in [0.1, 0.15) is 19.4 Å². The van der Waals surface area contributed by atoms with Gasteiger partial charge in [0.2, 0.25) is 0 Å². The number of nitro benzene ring substituents is 1. The van der Waals surface area contributed by atoms with Crippen LogP contribution in [0.4, 0.5) is 5.69 Å². The molecule has 8 nitrogen and oxygen atoms in total. The molecule has 1 aromatic heterocycles. The second-order valence-corrected chi connectivity index (χ2v) is 7.18. The summed E-state index contributed by atoms with van der Waals surface area (Å²) in [4.78, 5) is 10.1. The second-order valence-electron chi connectivity index (χ2n) is 5.32. The van der Waals surface area contributed by atoms with Gasteiger partial charge in [-0.15, -0.1) is 6.42 Å². The molecule has 132 valence electrons. The third-order valence-corrected chi connectivity index (χ3v) is 5.63. The van der Waals surface area contributed by atoms with Crippen molar-refractivity contribution in [2.45, 2.75) is 37.9 Å². The number of rotatable bonds is 7. The third kappa shape index (κ3) is 3.87. The monoisotopic (exact) mass is 362 g/mol. The van der Waals surface area contributed by atoms with Crippen LogP contribution in [-0.2, 0) is 23.1 Å². The maximum atomic E-state index is 13.0. The minimum absolute atomic E-state index is 0.0280. The molecule has 2 rings (SSSR count). The highest BCUT2D eigenvalue weighted by atomic mass is 32.2. The average Bonchev–Trinajstić information content (AvgIpc) is 3.06. The minimum atomic E-state index is -4.17. The number of nitro groups is 1. The van der Waals surface area contributed by atoms with E-state index >= 15 is 0 Å². The average molecular weight is 362 g/mol. The SMILES string of the molecule is C#CC(C)N(Cc1cnn(CC)c1)S(=O)(=O)c1ccccc1[N+](=O)[O-]. The summed E-state index contributed by atoms with van der Waals surface area (Å²) in [5, 5.41) is 15.3. The van der Waals surface area contributed by atoms with Gasteiger partial charge in [0.25, 0.3) is 15.7 Å². The molecule has 0 aliphatic rings. The smallest absolute Gasteiger partial charge is 0.273 e. The van der Waals surface area contributed by atoms with Crippen LogP contribution in [0.2, 0.25) is 0 Å². The summed E-state index contributed by atoms with van der Waals surface area (Å²) < 4.78 is 28.8. The van der Waals surface area contributed by atoms with E-state index in [1.165, 1.54) is 18.2 Å². The molecule has 0 amide bonds. The topological polar surface area (TPSA) is 98.3 Å². The standard InChI is InChI=1S/C16H18N4O4S/c1-4-13(3)19(12-14-10-17-18(5-2)11-14)25(23,24)16-9-7-6-8-15(16)20(21)22/h1,6-11,13H,5,12H2,2-3H3. The molecule has 2 aromatic rings. The highest BCUT2D eigenvalue weighted by Gasteiger charge is 2.34. The molecule has 0 fully saturated rings. The van der Waals surface area contributed by atoms with Gasteiger partial charge >= 0.3 is 0 Å². The van der Waals surface area contributed by atoms with Crippen LogP contribution < -0.4 is 0 Å². The molecule has 0 saturated heterocycles. The lowest BCUT2D eigenvalue weighted by Crippen LogP contribution is -2.37. The Labute approximate surface area is 146 Å². The normalized spacial score (nSPS) is 12.7. The summed E-state index contributed by atoms with van der Waals surface area (Å²) in [6, 6.07) is 4.43. The van der Waals surface area contributed by atoms with Gasteiger partial charge in [-0.1, -0.05) is 18.1 Å². The van der Waals surface area contributed by atoms with Crippen LogP contribution in [-0.4, -0.2) is 33.5 Å². The van der Waals surface area contributed by atoms with Crippen LogP contribution >= 0.6 is 0 Å². The third-order valence-electron chi connectivity index (χ3n) is 3.67. The van der Waals surface area contributed by atoms with Crippen molar-refractivity contribution in [3.8, 4) is 12.3 Å². The quantitative estimate of drug-likeness (QED) is 0.426. The van der Waals surface area contributed by atoms with Crippen molar-refractivity contribution in [3.05, 3.63) is 52.3 Å². The lowest BCUT2D eigenvalue weighted by atomic mass is 10.3. The first-order valence-electron chi connectivity index (χ1n) is 7.54. The van der Waals surface area contributed by atoms with Crippen LogP contribution in [0.15, 0.2) is 41.6 Å². The Morgan fingerprint density at radius 2 is 2.12 bits per heavy atom. The summed E-state index contributed by atoms with van der Waals surface area (Å²) in [5.74, 6) is 2.38. The van der Waals surface area contributed by atoms with Crippen LogP contribution in [0.3, 0.4) is 0 Å². The Hall–Kier alpha value is -2.70. The molecule has 0 N–H and O–H groups in total. The summed E-state index contributed by atoms with van der Waals surface area (Å²) in [5.41, 5.74) is 0.159. The van der Waals surface area contributed by atoms with E-state index in [0.717, 1.165) is 10.4 Å². The predicted octanol–water partition coefficient (Wildman–Crippen LogP) is 2.02. The molecule has 9 heteroatoms. The maximum Gasteiger partial charge on any atom is 0.289 e. The number of terminal acetylenes is 1. The van der Waals surface area contributed by atoms with Gasteiger partial charge in [-0.25, -0.2) is 8.42 Å². The van der Waals surface area contributed by atoms with Crippen LogP contribution in [0, 0.1) is 22.5 Å². The van der Waals surface area contributed by atoms with Crippen molar-refractivity contribution in [2.75, 3.05) is 0 Å². The number of benzene rings is 1. The minimum Gasteiger partial charge on any atom is -0.273 e. The highest BCUT2D eigenvalue weighted by molar-refractivity contribution is 7.89. The molecule has 0 bridgehead atoms. The van der Waals surface area contributed by atoms with Gasteiger partial charge in [-0.05, 0) is 19.9 Å². The van der Waals surface area contributed by atoms with E-state index in [0.29, 0.717) is 12.1 Å². The summed E-state index contributed by atoms with van der Waals surface area (Å²) in [6.07, 6.45) is 8.68. The van der Waals surface area contributed by atoms with Gasteiger partial charge in [0.1, 0.15) is 0 Å². The Bertz CT molecular complexity index is 914. The van der Waals surface area contributed by atoms with Crippen molar-refractivity contribution in [2.24, 2.45) is 0 Å². The Kier molecular flexibility index (Phi) is 5.56. The summed E-state index contributed by atoms with van der Waals surface area (Å²) in [7, 11) is -4.17. The summed E-state index contributed by atoms with van der Waals surface area (Å²) in [6.45, 7) is 4.07. The molecule has 0 spiro atoms. The number of nitrogens with zero attached hydrogens (tertiary/aromatic N) is 4. The molecule has 0 radical (unpaired) electrons. The fourth-order valence-electron chi connectivity index (χ4n) is 2.31. The largest absolute Gasteiger partial charge is 0.289 e. The lowest BCUT2D eigenvalue weighted by molar-refractivity contribution is -0.387. The predicted molar refractivity (Wildman–Crippen MR) is 92.0 cm³/mol. The first kappa shape index (κ1) is 18.6. The maximum absolute atomic E-state index is 13.0. The fraction of sp³-hybridized carbons (Fsp3) is 0.312. The number of aromatic nitrogens is 2. The Morgan fingerprint density at radius 1 is 1.44 bits per heavy atom. The molecule has 25 heavy (non-hydrogen) atoms. The van der Waals surface area contributed by atoms with Crippen molar-refractivity contribution < 1.29 is 13.3 Å². The molecule has 0 saturated carbocycles. The molecule has 1 aromatic carbocycles. The second kappa shape index (κ2) is 7.46. The van der Waals surface area contributed by atoms with Crippen molar-refractivity contribution in [3.63, 3.8) is 0 Å². The van der Waals surface area contributed by atoms with E-state index < -0.39 is 26.7 Å². The summed E-state index contributed by atoms with van der Waals surface area (Å²) >= 11 is 0. The Morgan fingerprint density at radius 3 is 2.68 bits per heavy atom. The fourth-order valence-corrected chi connectivity index (χ4v) is 4.01. The van der Waals surface area contributed by atoms with E-state index in [9.17, 15) is 18.5 Å². The van der Waals surface area contributed by atoms with Gasteiger partial charge in [0.15, 0.2) is 4.90 Å². The molecule has 1 heterocycles. The zero-order valence-electron chi connectivity index (χ0n) is 13.9. The van der Waals surface area contributed by atoms with Gasteiger partial charge in [0, 0.05) is 30.9 Å². The number of hydrogen-bond donors (Lipinski definition) is 0. The molecule has 0 aliphatic carbocycles. The van der Waals surface area contributed by atoms with Crippen molar-refractivity contribution in [1.82, 2.24) is 14.1 Å². The van der Waals surface area contributed by atoms with E-state index in [1.54, 1.807) is 24.0 Å². The van der Waals surface area contributed by atoms with E-state index in [-0.39, 0.29) is 11.4 Å². The van der Waals surface area contributed by atoms with Crippen molar-refractivity contribution in [1.29, 1.82) is 0 Å². The molecule has 1 unspecified atom stereocenters. The Balaban J connectivity index is 2.50. The zero-order valence-corrected chi connectivity index (χ0v) is 14.7. The molecule has 0 aliphatic heterocycles. The lowest BCUT2D eigenvalue weighted by Gasteiger charge is -2.24. The van der Waals surface area contributed by atoms with E-state index in [1.807, 2.05) is 6.92 Å². The number of sulfonamides is 1. The zero-order chi connectivity index (χ0) is 18.6. The van der Waals surface area contributed by atoms with Crippen LogP contribution in [0.5, 0.6) is 0 Å². The highest BCUT2D eigenvalue weighted by Crippen LogP contribution is 2.28. The van der Waals surface area contributed by atoms with Gasteiger partial charge in [0.05, 0.1) is 17.2 Å². The van der Waals surface area contributed by atoms with E-state index in [4.69, 9.17) is 6.42 Å². The van der Waals surface area contributed by atoms with Crippen molar-refractivity contribution >= 4 is 15.7 Å². The first-order chi connectivity index (χ1) is 11.8. The number of aryl methyl sites for hydroxylation is 1. The van der Waals surface area contributed by atoms with Gasteiger partial charge < -0.3 is 0 Å².